The summed E-state index contributed by atoms with van der Waals surface area (Å²) in [6.45, 7) is 0.188. The van der Waals surface area contributed by atoms with Crippen LogP contribution in [0.4, 0.5) is 11.6 Å². The van der Waals surface area contributed by atoms with Crippen LogP contribution in [-0.4, -0.2) is 36.5 Å². The van der Waals surface area contributed by atoms with Crippen LogP contribution >= 0.6 is 0 Å². The standard InChI is InChI=1S/C12H15N5O/c1-14-10(18)7-17(2)12-11(13)15-8-5-3-4-6-9(8)16-12/h3-6H,7H2,1-2H3,(H2,13,15)(H,14,18). The SMILES string of the molecule is CNC(=O)CN(C)c1nc2ccccc2nc1N. The molecule has 0 fully saturated rings. The molecule has 0 atom stereocenters. The van der Waals surface area contributed by atoms with E-state index < -0.39 is 0 Å². The summed E-state index contributed by atoms with van der Waals surface area (Å²) in [5.41, 5.74) is 7.36. The lowest BCUT2D eigenvalue weighted by Crippen LogP contribution is -2.33. The highest BCUT2D eigenvalue weighted by Crippen LogP contribution is 2.20. The van der Waals surface area contributed by atoms with E-state index >= 15 is 0 Å². The lowest BCUT2D eigenvalue weighted by molar-refractivity contribution is -0.119. The molecule has 0 aliphatic carbocycles. The summed E-state index contributed by atoms with van der Waals surface area (Å²) < 4.78 is 0. The van der Waals surface area contributed by atoms with E-state index in [1.54, 1.807) is 19.0 Å². The lowest BCUT2D eigenvalue weighted by atomic mass is 10.3. The number of carbonyl (C=O) groups is 1. The molecule has 0 saturated carbocycles. The molecule has 1 amide bonds. The number of hydrogen-bond acceptors (Lipinski definition) is 5. The maximum absolute atomic E-state index is 11.3. The second-order valence-corrected chi connectivity index (χ2v) is 3.95. The van der Waals surface area contributed by atoms with E-state index in [9.17, 15) is 4.79 Å². The van der Waals surface area contributed by atoms with Gasteiger partial charge >= 0.3 is 0 Å². The Labute approximate surface area is 105 Å². The van der Waals surface area contributed by atoms with Crippen LogP contribution in [0.25, 0.3) is 11.0 Å². The van der Waals surface area contributed by atoms with Crippen LogP contribution in [0.5, 0.6) is 0 Å². The van der Waals surface area contributed by atoms with Crippen LogP contribution in [0.3, 0.4) is 0 Å². The van der Waals surface area contributed by atoms with Gasteiger partial charge in [-0.05, 0) is 12.1 Å². The Bertz CT molecular complexity index is 584. The van der Waals surface area contributed by atoms with Crippen molar-refractivity contribution in [1.82, 2.24) is 15.3 Å². The summed E-state index contributed by atoms with van der Waals surface area (Å²) in [6.07, 6.45) is 0. The number of para-hydroxylation sites is 2. The number of amides is 1. The van der Waals surface area contributed by atoms with Gasteiger partial charge in [-0.3, -0.25) is 4.79 Å². The number of benzene rings is 1. The van der Waals surface area contributed by atoms with Crippen LogP contribution in [-0.2, 0) is 4.79 Å². The van der Waals surface area contributed by atoms with Gasteiger partial charge in [-0.1, -0.05) is 12.1 Å². The van der Waals surface area contributed by atoms with Crippen molar-refractivity contribution in [2.24, 2.45) is 0 Å². The van der Waals surface area contributed by atoms with E-state index in [0.29, 0.717) is 11.6 Å². The van der Waals surface area contributed by atoms with E-state index in [4.69, 9.17) is 5.73 Å². The minimum atomic E-state index is -0.105. The monoisotopic (exact) mass is 245 g/mol. The maximum atomic E-state index is 11.3. The molecular weight excluding hydrogens is 230 g/mol. The van der Waals surface area contributed by atoms with E-state index in [-0.39, 0.29) is 12.5 Å². The van der Waals surface area contributed by atoms with Gasteiger partial charge in [-0.2, -0.15) is 0 Å². The number of anilines is 2. The van der Waals surface area contributed by atoms with Gasteiger partial charge < -0.3 is 16.0 Å². The van der Waals surface area contributed by atoms with E-state index in [2.05, 4.69) is 15.3 Å². The van der Waals surface area contributed by atoms with Gasteiger partial charge in [0, 0.05) is 14.1 Å². The Balaban J connectivity index is 2.38. The molecule has 1 aromatic carbocycles. The fraction of sp³-hybridized carbons (Fsp3) is 0.250. The van der Waals surface area contributed by atoms with Crippen molar-refractivity contribution in [2.75, 3.05) is 31.3 Å². The van der Waals surface area contributed by atoms with Crippen molar-refractivity contribution in [1.29, 1.82) is 0 Å². The fourth-order valence-corrected chi connectivity index (χ4v) is 1.65. The normalized spacial score (nSPS) is 10.3. The molecule has 0 saturated heterocycles. The van der Waals surface area contributed by atoms with Crippen LogP contribution in [0.15, 0.2) is 24.3 Å². The van der Waals surface area contributed by atoms with Gasteiger partial charge in [-0.25, -0.2) is 9.97 Å². The average molecular weight is 245 g/mol. The first-order chi connectivity index (χ1) is 8.61. The third kappa shape index (κ3) is 2.32. The summed E-state index contributed by atoms with van der Waals surface area (Å²) in [5, 5.41) is 2.55. The molecule has 0 unspecified atom stereocenters. The first-order valence-electron chi connectivity index (χ1n) is 5.56. The van der Waals surface area contributed by atoms with Crippen molar-refractivity contribution in [3.05, 3.63) is 24.3 Å². The number of likely N-dealkylation sites (N-methyl/N-ethyl adjacent to an activating group) is 2. The molecule has 6 nitrogen and oxygen atoms in total. The second-order valence-electron chi connectivity index (χ2n) is 3.95. The van der Waals surface area contributed by atoms with Gasteiger partial charge in [0.1, 0.15) is 0 Å². The Morgan fingerprint density at radius 2 is 1.94 bits per heavy atom. The average Bonchev–Trinajstić information content (AvgIpc) is 2.37. The highest BCUT2D eigenvalue weighted by atomic mass is 16.1. The molecule has 2 aromatic rings. The molecule has 0 radical (unpaired) electrons. The number of carbonyl (C=O) groups excluding carboxylic acids is 1. The third-order valence-corrected chi connectivity index (χ3v) is 2.60. The number of hydrogen-bond donors (Lipinski definition) is 2. The summed E-state index contributed by atoms with van der Waals surface area (Å²) >= 11 is 0. The molecule has 0 bridgehead atoms. The molecule has 2 rings (SSSR count). The molecule has 0 aliphatic heterocycles. The number of fused-ring (bicyclic) bond motifs is 1. The first kappa shape index (κ1) is 12.1. The highest BCUT2D eigenvalue weighted by Gasteiger charge is 2.12. The molecular formula is C12H15N5O. The Kier molecular flexibility index (Phi) is 3.27. The Morgan fingerprint density at radius 3 is 2.56 bits per heavy atom. The molecule has 1 heterocycles. The van der Waals surface area contributed by atoms with Crippen molar-refractivity contribution in [3.8, 4) is 0 Å². The van der Waals surface area contributed by atoms with Gasteiger partial charge in [0.2, 0.25) is 5.91 Å². The number of rotatable bonds is 3. The van der Waals surface area contributed by atoms with Crippen molar-refractivity contribution in [3.63, 3.8) is 0 Å². The molecule has 0 spiro atoms. The number of aromatic nitrogens is 2. The van der Waals surface area contributed by atoms with E-state index in [1.807, 2.05) is 24.3 Å². The van der Waals surface area contributed by atoms with Crippen molar-refractivity contribution < 1.29 is 4.79 Å². The Morgan fingerprint density at radius 1 is 1.33 bits per heavy atom. The maximum Gasteiger partial charge on any atom is 0.239 e. The number of nitrogens with zero attached hydrogens (tertiary/aromatic N) is 3. The smallest absolute Gasteiger partial charge is 0.239 e. The van der Waals surface area contributed by atoms with Gasteiger partial charge in [-0.15, -0.1) is 0 Å². The van der Waals surface area contributed by atoms with Gasteiger partial charge in [0.15, 0.2) is 11.6 Å². The van der Waals surface area contributed by atoms with Gasteiger partial charge in [0.05, 0.1) is 17.6 Å². The van der Waals surface area contributed by atoms with Crippen molar-refractivity contribution in [2.45, 2.75) is 0 Å². The van der Waals surface area contributed by atoms with Gasteiger partial charge in [0.25, 0.3) is 0 Å². The summed E-state index contributed by atoms with van der Waals surface area (Å²) in [6, 6.07) is 7.47. The van der Waals surface area contributed by atoms with Crippen LogP contribution in [0.1, 0.15) is 0 Å². The zero-order valence-corrected chi connectivity index (χ0v) is 10.3. The molecule has 1 aromatic heterocycles. The minimum Gasteiger partial charge on any atom is -0.381 e. The zero-order chi connectivity index (χ0) is 13.1. The minimum absolute atomic E-state index is 0.105. The van der Waals surface area contributed by atoms with Crippen LogP contribution < -0.4 is 16.0 Å². The number of nitrogens with two attached hydrogens (primary N) is 1. The molecule has 94 valence electrons. The number of nitrogen functional groups attached to an aromatic ring is 1. The molecule has 6 heteroatoms. The predicted molar refractivity (Wildman–Crippen MR) is 71.3 cm³/mol. The second kappa shape index (κ2) is 4.87. The van der Waals surface area contributed by atoms with Crippen LogP contribution in [0, 0.1) is 0 Å². The highest BCUT2D eigenvalue weighted by molar-refractivity contribution is 5.84. The molecule has 3 N–H and O–H groups in total. The number of nitrogens with one attached hydrogen (secondary N) is 1. The first-order valence-corrected chi connectivity index (χ1v) is 5.56. The molecule has 18 heavy (non-hydrogen) atoms. The predicted octanol–water partition coefficient (Wildman–Crippen LogP) is 0.394. The summed E-state index contributed by atoms with van der Waals surface area (Å²) in [4.78, 5) is 21.7. The zero-order valence-electron chi connectivity index (χ0n) is 10.3. The topological polar surface area (TPSA) is 84.1 Å². The lowest BCUT2D eigenvalue weighted by Gasteiger charge is -2.18. The Hall–Kier alpha value is -2.37. The quantitative estimate of drug-likeness (QED) is 0.817. The molecule has 0 aliphatic rings. The van der Waals surface area contributed by atoms with Crippen molar-refractivity contribution >= 4 is 28.6 Å². The summed E-state index contributed by atoms with van der Waals surface area (Å²) in [5.74, 6) is 0.726. The third-order valence-electron chi connectivity index (χ3n) is 2.60. The van der Waals surface area contributed by atoms with Crippen LogP contribution in [0.2, 0.25) is 0 Å². The fourth-order valence-electron chi connectivity index (χ4n) is 1.65. The van der Waals surface area contributed by atoms with E-state index in [1.165, 1.54) is 0 Å². The summed E-state index contributed by atoms with van der Waals surface area (Å²) in [7, 11) is 3.34. The largest absolute Gasteiger partial charge is 0.381 e. The van der Waals surface area contributed by atoms with E-state index in [0.717, 1.165) is 11.0 Å².